The fourth-order valence-electron chi connectivity index (χ4n) is 0.770. The Bertz CT molecular complexity index is 221. The van der Waals surface area contributed by atoms with E-state index in [9.17, 15) is 4.79 Å². The summed E-state index contributed by atoms with van der Waals surface area (Å²) in [5, 5.41) is 8.37. The van der Waals surface area contributed by atoms with Crippen molar-refractivity contribution in [1.82, 2.24) is 0 Å². The SMILES string of the molecule is O=C(O)Cc1ccccc1.[CsH]. The van der Waals surface area contributed by atoms with Gasteiger partial charge in [0.2, 0.25) is 0 Å². The van der Waals surface area contributed by atoms with Crippen LogP contribution in [-0.4, -0.2) is 80.0 Å². The first-order chi connectivity index (χ1) is 4.79. The molecular weight excluding hydrogens is 261 g/mol. The monoisotopic (exact) mass is 270 g/mol. The Morgan fingerprint density at radius 1 is 1.27 bits per heavy atom. The van der Waals surface area contributed by atoms with Gasteiger partial charge in [0.1, 0.15) is 0 Å². The molecule has 0 bridgehead atoms. The second-order valence-corrected chi connectivity index (χ2v) is 2.06. The normalized spacial score (nSPS) is 8.36. The zero-order valence-corrected chi connectivity index (χ0v) is 5.45. The van der Waals surface area contributed by atoms with E-state index >= 15 is 0 Å². The molecule has 0 aliphatic rings. The Balaban J connectivity index is 0.000001000. The predicted octanol–water partition coefficient (Wildman–Crippen LogP) is 0.665. The van der Waals surface area contributed by atoms with Gasteiger partial charge in [-0.15, -0.1) is 0 Å². The van der Waals surface area contributed by atoms with Gasteiger partial charge in [-0.05, 0) is 5.56 Å². The molecule has 1 aromatic carbocycles. The molecule has 0 amide bonds. The Labute approximate surface area is 124 Å². The van der Waals surface area contributed by atoms with Crippen LogP contribution in [0.1, 0.15) is 5.56 Å². The van der Waals surface area contributed by atoms with Crippen molar-refractivity contribution >= 4 is 74.9 Å². The number of hydrogen-bond donors (Lipinski definition) is 1. The van der Waals surface area contributed by atoms with E-state index in [1.165, 1.54) is 0 Å². The van der Waals surface area contributed by atoms with E-state index in [0.29, 0.717) is 0 Å². The van der Waals surface area contributed by atoms with Crippen LogP contribution < -0.4 is 0 Å². The van der Waals surface area contributed by atoms with E-state index in [2.05, 4.69) is 0 Å². The summed E-state index contributed by atoms with van der Waals surface area (Å²) in [6.45, 7) is 0. The molecule has 1 rings (SSSR count). The van der Waals surface area contributed by atoms with Gasteiger partial charge in [-0.25, -0.2) is 0 Å². The standard InChI is InChI=1S/C8H8O2.Cs.H/c9-8(10)6-7-4-2-1-3-5-7;;/h1-5H,6H2,(H,9,10);;. The third kappa shape index (κ3) is 5.06. The van der Waals surface area contributed by atoms with Crippen LogP contribution in [0.5, 0.6) is 0 Å². The molecule has 1 aromatic rings. The van der Waals surface area contributed by atoms with Crippen molar-refractivity contribution in [1.29, 1.82) is 0 Å². The predicted molar refractivity (Wildman–Crippen MR) is 44.9 cm³/mol. The Morgan fingerprint density at radius 3 is 2.27 bits per heavy atom. The molecule has 0 fully saturated rings. The van der Waals surface area contributed by atoms with Crippen molar-refractivity contribution in [2.75, 3.05) is 0 Å². The van der Waals surface area contributed by atoms with Gasteiger partial charge in [0.15, 0.2) is 0 Å². The number of rotatable bonds is 2. The fourth-order valence-corrected chi connectivity index (χ4v) is 0.770. The first-order valence-corrected chi connectivity index (χ1v) is 3.05. The molecule has 11 heavy (non-hydrogen) atoms. The molecule has 0 spiro atoms. The van der Waals surface area contributed by atoms with Crippen molar-refractivity contribution < 1.29 is 9.90 Å². The minimum absolute atomic E-state index is 0. The van der Waals surface area contributed by atoms with E-state index in [-0.39, 0.29) is 75.3 Å². The fraction of sp³-hybridized carbons (Fsp3) is 0.125. The number of benzene rings is 1. The summed E-state index contributed by atoms with van der Waals surface area (Å²) in [4.78, 5) is 10.2. The molecule has 0 aromatic heterocycles. The van der Waals surface area contributed by atoms with E-state index in [4.69, 9.17) is 5.11 Å². The first-order valence-electron chi connectivity index (χ1n) is 3.05. The van der Waals surface area contributed by atoms with Crippen molar-refractivity contribution in [3.63, 3.8) is 0 Å². The van der Waals surface area contributed by atoms with Crippen LogP contribution in [0.3, 0.4) is 0 Å². The summed E-state index contributed by atoms with van der Waals surface area (Å²) in [6.07, 6.45) is 0.112. The number of aliphatic carboxylic acids is 1. The number of carboxylic acid groups (broad SMARTS) is 1. The van der Waals surface area contributed by atoms with Crippen molar-refractivity contribution in [3.8, 4) is 0 Å². The summed E-state index contributed by atoms with van der Waals surface area (Å²) in [7, 11) is 0. The average molecular weight is 270 g/mol. The van der Waals surface area contributed by atoms with Crippen LogP contribution in [0, 0.1) is 0 Å². The Hall–Kier alpha value is 0.742. The van der Waals surface area contributed by atoms with Crippen molar-refractivity contribution in [2.24, 2.45) is 0 Å². The topological polar surface area (TPSA) is 37.3 Å². The van der Waals surface area contributed by atoms with E-state index in [1.54, 1.807) is 12.1 Å². The van der Waals surface area contributed by atoms with Gasteiger partial charge in [-0.1, -0.05) is 30.3 Å². The van der Waals surface area contributed by atoms with Gasteiger partial charge in [-0.3, -0.25) is 4.79 Å². The zero-order chi connectivity index (χ0) is 7.40. The summed E-state index contributed by atoms with van der Waals surface area (Å²) >= 11 is 0. The number of hydrogen-bond acceptors (Lipinski definition) is 1. The summed E-state index contributed by atoms with van der Waals surface area (Å²) < 4.78 is 0. The molecule has 3 heteroatoms. The van der Waals surface area contributed by atoms with E-state index < -0.39 is 5.97 Å². The van der Waals surface area contributed by atoms with Crippen LogP contribution in [0.2, 0.25) is 0 Å². The van der Waals surface area contributed by atoms with Crippen LogP contribution >= 0.6 is 0 Å². The van der Waals surface area contributed by atoms with Gasteiger partial charge in [0.25, 0.3) is 0 Å². The maximum absolute atomic E-state index is 10.2. The summed E-state index contributed by atoms with van der Waals surface area (Å²) in [6, 6.07) is 9.13. The molecule has 0 aliphatic heterocycles. The number of carbonyl (C=O) groups is 1. The quantitative estimate of drug-likeness (QED) is 0.857. The van der Waals surface area contributed by atoms with Crippen LogP contribution in [-0.2, 0) is 11.2 Å². The first kappa shape index (κ1) is 11.7. The Kier molecular flexibility index (Phi) is 6.70. The third-order valence-electron chi connectivity index (χ3n) is 1.20. The molecule has 0 radical (unpaired) electrons. The molecule has 0 aliphatic carbocycles. The van der Waals surface area contributed by atoms with Crippen LogP contribution in [0.15, 0.2) is 30.3 Å². The van der Waals surface area contributed by atoms with Gasteiger partial charge in [-0.2, -0.15) is 0 Å². The van der Waals surface area contributed by atoms with Gasteiger partial charge in [0, 0.05) is 0 Å². The molecular formula is C8H9CsO2. The van der Waals surface area contributed by atoms with Gasteiger partial charge in [0.05, 0.1) is 6.42 Å². The minimum atomic E-state index is -0.786. The van der Waals surface area contributed by atoms with Crippen LogP contribution in [0.4, 0.5) is 0 Å². The molecule has 0 saturated heterocycles. The molecule has 0 unspecified atom stereocenters. The molecule has 2 nitrogen and oxygen atoms in total. The van der Waals surface area contributed by atoms with Gasteiger partial charge < -0.3 is 5.11 Å². The Morgan fingerprint density at radius 2 is 1.82 bits per heavy atom. The second kappa shape index (κ2) is 6.28. The van der Waals surface area contributed by atoms with Crippen LogP contribution in [0.25, 0.3) is 0 Å². The van der Waals surface area contributed by atoms with Crippen molar-refractivity contribution in [3.05, 3.63) is 35.9 Å². The molecule has 1 N–H and O–H groups in total. The molecule has 0 atom stereocenters. The van der Waals surface area contributed by atoms with Gasteiger partial charge >= 0.3 is 74.9 Å². The third-order valence-corrected chi connectivity index (χ3v) is 1.20. The van der Waals surface area contributed by atoms with Crippen molar-refractivity contribution in [2.45, 2.75) is 6.42 Å². The zero-order valence-electron chi connectivity index (χ0n) is 5.45. The molecule has 0 saturated carbocycles. The second-order valence-electron chi connectivity index (χ2n) is 2.06. The molecule has 0 heterocycles. The summed E-state index contributed by atoms with van der Waals surface area (Å²) in [5.74, 6) is -0.786. The maximum atomic E-state index is 10.2. The number of carboxylic acids is 1. The van der Waals surface area contributed by atoms with E-state index in [0.717, 1.165) is 5.56 Å². The average Bonchev–Trinajstić information content (AvgIpc) is 1.88. The summed E-state index contributed by atoms with van der Waals surface area (Å²) in [5.41, 5.74) is 0.843. The van der Waals surface area contributed by atoms with E-state index in [1.807, 2.05) is 18.2 Å². The molecule has 54 valence electrons.